The number of carboxylic acids is 1. The first-order valence-corrected chi connectivity index (χ1v) is 6.10. The molecule has 0 saturated heterocycles. The molecule has 1 atom stereocenters. The lowest BCUT2D eigenvalue weighted by molar-refractivity contribution is -0.142. The zero-order valence-corrected chi connectivity index (χ0v) is 11.3. The van der Waals surface area contributed by atoms with Crippen molar-refractivity contribution in [1.29, 1.82) is 0 Å². The number of rotatable bonds is 6. The summed E-state index contributed by atoms with van der Waals surface area (Å²) >= 11 is 0. The van der Waals surface area contributed by atoms with Crippen molar-refractivity contribution in [3.8, 4) is 0 Å². The molecule has 6 nitrogen and oxygen atoms in total. The largest absolute Gasteiger partial charge is 0.481 e. The quantitative estimate of drug-likeness (QED) is 0.759. The minimum atomic E-state index is -0.799. The van der Waals surface area contributed by atoms with Crippen molar-refractivity contribution in [2.75, 3.05) is 0 Å². The van der Waals surface area contributed by atoms with Crippen molar-refractivity contribution in [2.45, 2.75) is 46.5 Å². The van der Waals surface area contributed by atoms with Crippen LogP contribution in [0.5, 0.6) is 0 Å². The van der Waals surface area contributed by atoms with Gasteiger partial charge in [-0.1, -0.05) is 31.1 Å². The summed E-state index contributed by atoms with van der Waals surface area (Å²) in [5, 5.41) is 21.9. The fourth-order valence-electron chi connectivity index (χ4n) is 1.15. The Morgan fingerprint density at radius 1 is 1.50 bits per heavy atom. The molecule has 1 aromatic heterocycles. The van der Waals surface area contributed by atoms with Gasteiger partial charge < -0.3 is 5.11 Å². The molecule has 0 bridgehead atoms. The van der Waals surface area contributed by atoms with E-state index in [4.69, 9.17) is 5.11 Å². The van der Waals surface area contributed by atoms with Gasteiger partial charge >= 0.3 is 5.97 Å². The Morgan fingerprint density at radius 3 is 2.44 bits per heavy atom. The summed E-state index contributed by atoms with van der Waals surface area (Å²) in [4.78, 5) is 10.7. The Balaban J connectivity index is 0.000000494. The highest BCUT2D eigenvalue weighted by Gasteiger charge is 2.18. The third-order valence-corrected chi connectivity index (χ3v) is 2.41. The number of hydrogen-bond donors (Lipinski definition) is 2. The summed E-state index contributed by atoms with van der Waals surface area (Å²) in [5.41, 5.74) is 1.25. The summed E-state index contributed by atoms with van der Waals surface area (Å²) in [6.07, 6.45) is 2.94. The Kier molecular flexibility index (Phi) is 8.43. The fourth-order valence-corrected chi connectivity index (χ4v) is 1.15. The van der Waals surface area contributed by atoms with E-state index in [2.05, 4.69) is 34.1 Å². The highest BCUT2D eigenvalue weighted by molar-refractivity contribution is 5.70. The second kappa shape index (κ2) is 9.32. The van der Waals surface area contributed by atoms with E-state index in [-0.39, 0.29) is 0 Å². The van der Waals surface area contributed by atoms with Gasteiger partial charge in [-0.3, -0.25) is 4.79 Å². The average Bonchev–Trinajstić information content (AvgIpc) is 2.82. The summed E-state index contributed by atoms with van der Waals surface area (Å²) in [7, 11) is 0. The first-order valence-electron chi connectivity index (χ1n) is 6.10. The lowest BCUT2D eigenvalue weighted by Gasteiger charge is -2.06. The zero-order valence-electron chi connectivity index (χ0n) is 11.3. The van der Waals surface area contributed by atoms with E-state index in [1.165, 1.54) is 5.57 Å². The number of aliphatic carboxylic acids is 1. The van der Waals surface area contributed by atoms with Crippen LogP contribution < -0.4 is 0 Å². The van der Waals surface area contributed by atoms with Crippen LogP contribution in [0, 0.1) is 5.92 Å². The number of carboxylic acid groups (broad SMARTS) is 1. The lowest BCUT2D eigenvalue weighted by Crippen LogP contribution is -2.16. The molecule has 18 heavy (non-hydrogen) atoms. The van der Waals surface area contributed by atoms with Crippen molar-refractivity contribution < 1.29 is 9.90 Å². The SMILES string of the molecule is C=C(C)CC.CCC[C@@H](Cc1nn[nH]n1)C(=O)O. The van der Waals surface area contributed by atoms with Crippen LogP contribution in [0.4, 0.5) is 0 Å². The molecule has 102 valence electrons. The highest BCUT2D eigenvalue weighted by Crippen LogP contribution is 2.10. The van der Waals surface area contributed by atoms with E-state index in [9.17, 15) is 4.79 Å². The number of allylic oxidation sites excluding steroid dienone is 1. The van der Waals surface area contributed by atoms with Gasteiger partial charge in [-0.2, -0.15) is 5.21 Å². The van der Waals surface area contributed by atoms with Crippen LogP contribution in [-0.2, 0) is 11.2 Å². The van der Waals surface area contributed by atoms with Crippen molar-refractivity contribution >= 4 is 5.97 Å². The maximum Gasteiger partial charge on any atom is 0.306 e. The number of aromatic amines is 1. The normalized spacial score (nSPS) is 11.3. The van der Waals surface area contributed by atoms with Gasteiger partial charge in [-0.15, -0.1) is 16.8 Å². The first-order chi connectivity index (χ1) is 8.51. The Bertz CT molecular complexity index is 349. The molecule has 2 N–H and O–H groups in total. The van der Waals surface area contributed by atoms with Gasteiger partial charge in [-0.05, 0) is 19.8 Å². The standard InChI is InChI=1S/C7H12N4O2.C5H10/c1-2-3-5(7(12)13)4-6-8-10-11-9-6;1-4-5(2)3/h5H,2-4H2,1H3,(H,12,13)(H,8,9,10,11);2,4H2,1,3H3/t5-;/m0./s1. The predicted molar refractivity (Wildman–Crippen MR) is 69.0 cm³/mol. The Labute approximate surface area is 107 Å². The van der Waals surface area contributed by atoms with Gasteiger partial charge in [0.05, 0.1) is 5.92 Å². The molecule has 1 aromatic rings. The zero-order chi connectivity index (χ0) is 14.0. The molecule has 0 aliphatic carbocycles. The second-order valence-electron chi connectivity index (χ2n) is 4.17. The van der Waals surface area contributed by atoms with Gasteiger partial charge in [0.1, 0.15) is 0 Å². The third kappa shape index (κ3) is 7.54. The third-order valence-electron chi connectivity index (χ3n) is 2.41. The number of tetrazole rings is 1. The average molecular weight is 254 g/mol. The van der Waals surface area contributed by atoms with Gasteiger partial charge in [0, 0.05) is 6.42 Å². The van der Waals surface area contributed by atoms with Crippen LogP contribution in [-0.4, -0.2) is 31.7 Å². The molecule has 1 rings (SSSR count). The van der Waals surface area contributed by atoms with Crippen molar-refractivity contribution in [2.24, 2.45) is 5.92 Å². The van der Waals surface area contributed by atoms with Crippen LogP contribution in [0.2, 0.25) is 0 Å². The van der Waals surface area contributed by atoms with E-state index in [1.807, 2.05) is 13.8 Å². The molecule has 6 heteroatoms. The van der Waals surface area contributed by atoms with E-state index in [0.717, 1.165) is 12.8 Å². The number of H-pyrrole nitrogens is 1. The first kappa shape index (κ1) is 16.3. The van der Waals surface area contributed by atoms with E-state index < -0.39 is 11.9 Å². The Hall–Kier alpha value is -1.72. The highest BCUT2D eigenvalue weighted by atomic mass is 16.4. The number of nitrogens with zero attached hydrogens (tertiary/aromatic N) is 3. The van der Waals surface area contributed by atoms with Crippen LogP contribution in [0.15, 0.2) is 12.2 Å². The molecule has 0 spiro atoms. The molecule has 1 heterocycles. The summed E-state index contributed by atoms with van der Waals surface area (Å²) in [6.45, 7) is 9.75. The number of nitrogens with one attached hydrogen (secondary N) is 1. The van der Waals surface area contributed by atoms with Gasteiger partial charge in [0.2, 0.25) is 0 Å². The molecule has 0 radical (unpaired) electrons. The fraction of sp³-hybridized carbons (Fsp3) is 0.667. The second-order valence-corrected chi connectivity index (χ2v) is 4.17. The van der Waals surface area contributed by atoms with E-state index in [0.29, 0.717) is 18.7 Å². The van der Waals surface area contributed by atoms with Crippen LogP contribution in [0.25, 0.3) is 0 Å². The predicted octanol–water partition coefficient (Wildman–Crippen LogP) is 2.22. The van der Waals surface area contributed by atoms with Gasteiger partial charge in [0.25, 0.3) is 0 Å². The summed E-state index contributed by atoms with van der Waals surface area (Å²) < 4.78 is 0. The topological polar surface area (TPSA) is 91.8 Å². The molecule has 0 amide bonds. The molecule has 0 fully saturated rings. The lowest BCUT2D eigenvalue weighted by atomic mass is 10.00. The minimum Gasteiger partial charge on any atom is -0.481 e. The van der Waals surface area contributed by atoms with Gasteiger partial charge in [0.15, 0.2) is 5.82 Å². The summed E-state index contributed by atoms with van der Waals surface area (Å²) in [6, 6.07) is 0. The molecule has 0 aliphatic rings. The molecular weight excluding hydrogens is 232 g/mol. The van der Waals surface area contributed by atoms with Crippen LogP contribution >= 0.6 is 0 Å². The maximum absolute atomic E-state index is 10.7. The Morgan fingerprint density at radius 2 is 2.11 bits per heavy atom. The minimum absolute atomic E-state index is 0.347. The molecular formula is C12H22N4O2. The maximum atomic E-state index is 10.7. The smallest absolute Gasteiger partial charge is 0.306 e. The van der Waals surface area contributed by atoms with E-state index in [1.54, 1.807) is 0 Å². The van der Waals surface area contributed by atoms with Crippen molar-refractivity contribution in [1.82, 2.24) is 20.6 Å². The molecule has 0 unspecified atom stereocenters. The molecule has 0 aliphatic heterocycles. The number of hydrogen-bond acceptors (Lipinski definition) is 4. The molecule has 0 aromatic carbocycles. The van der Waals surface area contributed by atoms with Gasteiger partial charge in [-0.25, -0.2) is 0 Å². The molecule has 0 saturated carbocycles. The number of carbonyl (C=O) groups is 1. The number of aromatic nitrogens is 4. The summed E-state index contributed by atoms with van der Waals surface area (Å²) in [5.74, 6) is -0.741. The monoisotopic (exact) mass is 254 g/mol. The van der Waals surface area contributed by atoms with Crippen molar-refractivity contribution in [3.05, 3.63) is 18.0 Å². The van der Waals surface area contributed by atoms with Crippen LogP contribution in [0.1, 0.15) is 45.9 Å². The van der Waals surface area contributed by atoms with E-state index >= 15 is 0 Å². The van der Waals surface area contributed by atoms with Crippen molar-refractivity contribution in [3.63, 3.8) is 0 Å². The van der Waals surface area contributed by atoms with Crippen LogP contribution in [0.3, 0.4) is 0 Å².